The molecule has 9 heteroatoms. The molecule has 0 aliphatic heterocycles. The Morgan fingerprint density at radius 3 is 2.22 bits per heavy atom. The van der Waals surface area contributed by atoms with E-state index in [-0.39, 0.29) is 29.3 Å². The molecule has 1 heterocycles. The molecular weight excluding hydrogens is 320 g/mol. The molecule has 0 saturated heterocycles. The first-order valence-corrected chi connectivity index (χ1v) is 8.24. The Hall–Kier alpha value is -2.26. The van der Waals surface area contributed by atoms with Gasteiger partial charge in [0.15, 0.2) is 5.82 Å². The number of benzene rings is 1. The van der Waals surface area contributed by atoms with Gasteiger partial charge in [0, 0.05) is 0 Å². The van der Waals surface area contributed by atoms with Crippen LogP contribution in [0.25, 0.3) is 0 Å². The molecule has 0 radical (unpaired) electrons. The Kier molecular flexibility index (Phi) is 5.12. The molecule has 8 nitrogen and oxygen atoms in total. The Morgan fingerprint density at radius 2 is 1.65 bits per heavy atom. The largest absolute Gasteiger partial charge is 0.467 e. The molecule has 2 rings (SSSR count). The second-order valence-corrected chi connectivity index (χ2v) is 6.55. The van der Waals surface area contributed by atoms with Gasteiger partial charge in [-0.25, -0.2) is 13.1 Å². The first-order chi connectivity index (χ1) is 10.9. The third-order valence-corrected chi connectivity index (χ3v) is 4.60. The van der Waals surface area contributed by atoms with E-state index in [0.717, 1.165) is 5.56 Å². The SMILES string of the molecule is COc1nc(CNS(=O)(=O)c2cc(C)ccc2C)nc(OC)n1. The van der Waals surface area contributed by atoms with Crippen LogP contribution in [-0.4, -0.2) is 37.6 Å². The molecule has 0 aliphatic carbocycles. The third-order valence-electron chi connectivity index (χ3n) is 3.06. The quantitative estimate of drug-likeness (QED) is 0.837. The van der Waals surface area contributed by atoms with Crippen molar-refractivity contribution in [2.24, 2.45) is 0 Å². The lowest BCUT2D eigenvalue weighted by Gasteiger charge is -2.10. The Labute approximate surface area is 135 Å². The highest BCUT2D eigenvalue weighted by Crippen LogP contribution is 2.17. The maximum Gasteiger partial charge on any atom is 0.322 e. The van der Waals surface area contributed by atoms with Gasteiger partial charge >= 0.3 is 12.0 Å². The summed E-state index contributed by atoms with van der Waals surface area (Å²) in [7, 11) is -0.880. The van der Waals surface area contributed by atoms with Crippen molar-refractivity contribution in [2.45, 2.75) is 25.3 Å². The van der Waals surface area contributed by atoms with Crippen LogP contribution in [-0.2, 0) is 16.6 Å². The van der Waals surface area contributed by atoms with Crippen LogP contribution < -0.4 is 14.2 Å². The lowest BCUT2D eigenvalue weighted by molar-refractivity contribution is 0.336. The van der Waals surface area contributed by atoms with Gasteiger partial charge in [-0.15, -0.1) is 4.98 Å². The molecule has 0 saturated carbocycles. The Balaban J connectivity index is 2.24. The molecule has 0 unspecified atom stereocenters. The predicted molar refractivity (Wildman–Crippen MR) is 82.9 cm³/mol. The summed E-state index contributed by atoms with van der Waals surface area (Å²) in [6.45, 7) is 3.47. The first-order valence-electron chi connectivity index (χ1n) is 6.75. The van der Waals surface area contributed by atoms with Crippen molar-refractivity contribution < 1.29 is 17.9 Å². The van der Waals surface area contributed by atoms with Crippen molar-refractivity contribution in [1.82, 2.24) is 19.7 Å². The summed E-state index contributed by atoms with van der Waals surface area (Å²) in [6.07, 6.45) is 0. The van der Waals surface area contributed by atoms with Crippen LogP contribution in [0.5, 0.6) is 12.0 Å². The molecule has 1 N–H and O–H groups in total. The molecule has 0 bridgehead atoms. The number of methoxy groups -OCH3 is 2. The fraction of sp³-hybridized carbons (Fsp3) is 0.357. The average Bonchev–Trinajstić information content (AvgIpc) is 2.54. The summed E-state index contributed by atoms with van der Waals surface area (Å²) in [5.41, 5.74) is 1.52. The third kappa shape index (κ3) is 4.14. The van der Waals surface area contributed by atoms with Crippen molar-refractivity contribution in [1.29, 1.82) is 0 Å². The Bertz CT molecular complexity index is 786. The highest BCUT2D eigenvalue weighted by molar-refractivity contribution is 7.89. The van der Waals surface area contributed by atoms with Gasteiger partial charge in [-0.2, -0.15) is 9.97 Å². The van der Waals surface area contributed by atoms with Crippen molar-refractivity contribution in [2.75, 3.05) is 14.2 Å². The van der Waals surface area contributed by atoms with E-state index in [1.807, 2.05) is 13.0 Å². The predicted octanol–water partition coefficient (Wildman–Crippen LogP) is 0.984. The number of nitrogens with one attached hydrogen (secondary N) is 1. The first kappa shape index (κ1) is 17.1. The van der Waals surface area contributed by atoms with Gasteiger partial charge in [-0.3, -0.25) is 0 Å². The summed E-state index contributed by atoms with van der Waals surface area (Å²) in [4.78, 5) is 12.1. The standard InChI is InChI=1S/C14H18N4O4S/c1-9-5-6-10(2)11(7-9)23(19,20)15-8-12-16-13(21-3)18-14(17-12)22-4/h5-7,15H,8H2,1-4H3. The van der Waals surface area contributed by atoms with Crippen molar-refractivity contribution in [3.8, 4) is 12.0 Å². The van der Waals surface area contributed by atoms with E-state index >= 15 is 0 Å². The molecule has 124 valence electrons. The zero-order valence-corrected chi connectivity index (χ0v) is 14.1. The van der Waals surface area contributed by atoms with Gasteiger partial charge in [0.2, 0.25) is 10.0 Å². The van der Waals surface area contributed by atoms with Crippen molar-refractivity contribution in [3.63, 3.8) is 0 Å². The maximum absolute atomic E-state index is 12.4. The highest BCUT2D eigenvalue weighted by atomic mass is 32.2. The molecule has 0 fully saturated rings. The van der Waals surface area contributed by atoms with Gasteiger partial charge in [0.25, 0.3) is 0 Å². The molecule has 0 spiro atoms. The second-order valence-electron chi connectivity index (χ2n) is 4.82. The van der Waals surface area contributed by atoms with Gasteiger partial charge < -0.3 is 9.47 Å². The minimum absolute atomic E-state index is 0.0535. The van der Waals surface area contributed by atoms with Crippen LogP contribution in [0.3, 0.4) is 0 Å². The summed E-state index contributed by atoms with van der Waals surface area (Å²) in [5.74, 6) is 0.197. The molecule has 2 aromatic rings. The second kappa shape index (κ2) is 6.88. The summed E-state index contributed by atoms with van der Waals surface area (Å²) in [6, 6.07) is 5.34. The number of ether oxygens (including phenoxy) is 2. The number of sulfonamides is 1. The maximum atomic E-state index is 12.4. The van der Waals surface area contributed by atoms with Crippen LogP contribution in [0.1, 0.15) is 17.0 Å². The van der Waals surface area contributed by atoms with E-state index in [4.69, 9.17) is 9.47 Å². The minimum Gasteiger partial charge on any atom is -0.467 e. The van der Waals surface area contributed by atoms with E-state index in [1.54, 1.807) is 19.1 Å². The number of aryl methyl sites for hydroxylation is 2. The Morgan fingerprint density at radius 1 is 1.04 bits per heavy atom. The number of aromatic nitrogens is 3. The molecule has 23 heavy (non-hydrogen) atoms. The van der Waals surface area contributed by atoms with Gasteiger partial charge in [-0.05, 0) is 31.0 Å². The van der Waals surface area contributed by atoms with Crippen LogP contribution >= 0.6 is 0 Å². The van der Waals surface area contributed by atoms with Gasteiger partial charge in [0.1, 0.15) is 0 Å². The molecular formula is C14H18N4O4S. The van der Waals surface area contributed by atoms with Crippen molar-refractivity contribution in [3.05, 3.63) is 35.2 Å². The smallest absolute Gasteiger partial charge is 0.322 e. The van der Waals surface area contributed by atoms with Crippen LogP contribution in [0.15, 0.2) is 23.1 Å². The molecule has 1 aromatic carbocycles. The lowest BCUT2D eigenvalue weighted by atomic mass is 10.2. The number of hydrogen-bond donors (Lipinski definition) is 1. The molecule has 0 aliphatic rings. The molecule has 0 amide bonds. The zero-order chi connectivity index (χ0) is 17.0. The van der Waals surface area contributed by atoms with Gasteiger partial charge in [0.05, 0.1) is 25.7 Å². The zero-order valence-electron chi connectivity index (χ0n) is 13.3. The molecule has 1 aromatic heterocycles. The lowest BCUT2D eigenvalue weighted by Crippen LogP contribution is -2.25. The monoisotopic (exact) mass is 338 g/mol. The fourth-order valence-electron chi connectivity index (χ4n) is 1.87. The summed E-state index contributed by atoms with van der Waals surface area (Å²) >= 11 is 0. The van der Waals surface area contributed by atoms with E-state index in [1.165, 1.54) is 14.2 Å². The summed E-state index contributed by atoms with van der Waals surface area (Å²) < 4.78 is 37.2. The summed E-state index contributed by atoms with van der Waals surface area (Å²) in [5, 5.41) is 0. The topological polar surface area (TPSA) is 103 Å². The van der Waals surface area contributed by atoms with E-state index in [0.29, 0.717) is 5.56 Å². The minimum atomic E-state index is -3.68. The van der Waals surface area contributed by atoms with E-state index in [2.05, 4.69) is 19.7 Å². The number of hydrogen-bond acceptors (Lipinski definition) is 7. The van der Waals surface area contributed by atoms with E-state index in [9.17, 15) is 8.42 Å². The number of rotatable bonds is 6. The fourth-order valence-corrected chi connectivity index (χ4v) is 3.18. The normalized spacial score (nSPS) is 11.3. The highest BCUT2D eigenvalue weighted by Gasteiger charge is 2.18. The average molecular weight is 338 g/mol. The van der Waals surface area contributed by atoms with E-state index < -0.39 is 10.0 Å². The number of nitrogens with zero attached hydrogens (tertiary/aromatic N) is 3. The van der Waals surface area contributed by atoms with Gasteiger partial charge in [-0.1, -0.05) is 12.1 Å². The van der Waals surface area contributed by atoms with Crippen LogP contribution in [0.4, 0.5) is 0 Å². The van der Waals surface area contributed by atoms with Crippen LogP contribution in [0, 0.1) is 13.8 Å². The van der Waals surface area contributed by atoms with Crippen molar-refractivity contribution >= 4 is 10.0 Å². The molecule has 0 atom stereocenters. The van der Waals surface area contributed by atoms with Crippen LogP contribution in [0.2, 0.25) is 0 Å².